The fraction of sp³-hybridized carbons (Fsp3) is 0.136. The first-order valence-corrected chi connectivity index (χ1v) is 9.46. The zero-order chi connectivity index (χ0) is 22.0. The number of nitrogens with one attached hydrogen (secondary N) is 3. The number of carbonyl (C=O) groups is 1. The van der Waals surface area contributed by atoms with Crippen molar-refractivity contribution in [3.63, 3.8) is 0 Å². The van der Waals surface area contributed by atoms with Gasteiger partial charge in [-0.2, -0.15) is 0 Å². The van der Waals surface area contributed by atoms with E-state index < -0.39 is 23.7 Å². The van der Waals surface area contributed by atoms with E-state index in [0.717, 1.165) is 10.1 Å². The van der Waals surface area contributed by atoms with Gasteiger partial charge >= 0.3 is 5.69 Å². The molecule has 9 heteroatoms. The summed E-state index contributed by atoms with van der Waals surface area (Å²) in [4.78, 5) is 43.1. The average molecular weight is 422 g/mol. The van der Waals surface area contributed by atoms with Gasteiger partial charge in [0.1, 0.15) is 23.6 Å². The van der Waals surface area contributed by atoms with Crippen LogP contribution in [0.1, 0.15) is 5.56 Å². The van der Waals surface area contributed by atoms with E-state index in [-0.39, 0.29) is 17.9 Å². The zero-order valence-corrected chi connectivity index (χ0v) is 16.6. The fourth-order valence-corrected chi connectivity index (χ4v) is 3.31. The number of ether oxygens (including phenoxy) is 1. The summed E-state index contributed by atoms with van der Waals surface area (Å²) in [5.41, 5.74) is 1.13. The van der Waals surface area contributed by atoms with Gasteiger partial charge in [0.25, 0.3) is 5.56 Å². The van der Waals surface area contributed by atoms with Crippen molar-refractivity contribution in [3.05, 3.63) is 86.9 Å². The highest BCUT2D eigenvalue weighted by Crippen LogP contribution is 2.25. The van der Waals surface area contributed by atoms with Crippen molar-refractivity contribution in [2.75, 3.05) is 7.11 Å². The molecule has 0 aliphatic heterocycles. The van der Waals surface area contributed by atoms with E-state index in [1.165, 1.54) is 12.1 Å². The predicted octanol–water partition coefficient (Wildman–Crippen LogP) is 2.15. The number of H-pyrrole nitrogens is 2. The smallest absolute Gasteiger partial charge is 0.329 e. The van der Waals surface area contributed by atoms with Gasteiger partial charge in [0, 0.05) is 18.3 Å². The van der Waals surface area contributed by atoms with E-state index in [1.54, 1.807) is 43.6 Å². The van der Waals surface area contributed by atoms with Crippen LogP contribution in [0.3, 0.4) is 0 Å². The molecule has 0 aliphatic carbocycles. The second-order valence-corrected chi connectivity index (χ2v) is 6.91. The van der Waals surface area contributed by atoms with Crippen molar-refractivity contribution in [2.24, 2.45) is 0 Å². The number of hydrogen-bond acceptors (Lipinski definition) is 4. The Morgan fingerprint density at radius 2 is 1.90 bits per heavy atom. The van der Waals surface area contributed by atoms with Crippen LogP contribution >= 0.6 is 0 Å². The Morgan fingerprint density at radius 3 is 2.65 bits per heavy atom. The highest BCUT2D eigenvalue weighted by atomic mass is 19.1. The normalized spacial score (nSPS) is 10.9. The number of fused-ring (bicyclic) bond motifs is 1. The Bertz CT molecular complexity index is 1370. The molecule has 1 amide bonds. The van der Waals surface area contributed by atoms with Crippen LogP contribution in [0.25, 0.3) is 22.2 Å². The van der Waals surface area contributed by atoms with Gasteiger partial charge in [-0.25, -0.2) is 13.8 Å². The standard InChI is InChI=1S/C22H19FN4O4/c1-31-16-4-2-3-13(9-16)10-24-18(28)12-27-21(29)20-19(26-22(27)30)17(11-25-20)14-5-7-15(23)8-6-14/h2-9,11,25H,10,12H2,1H3,(H,24,28)(H,26,30). The molecule has 0 fully saturated rings. The first kappa shape index (κ1) is 20.1. The summed E-state index contributed by atoms with van der Waals surface area (Å²) >= 11 is 0. The van der Waals surface area contributed by atoms with Crippen molar-refractivity contribution in [2.45, 2.75) is 13.1 Å². The molecule has 3 N–H and O–H groups in total. The number of halogens is 1. The number of rotatable bonds is 6. The summed E-state index contributed by atoms with van der Waals surface area (Å²) in [5, 5.41) is 2.68. The Kier molecular flexibility index (Phi) is 5.40. The van der Waals surface area contributed by atoms with Crippen LogP contribution in [0, 0.1) is 5.82 Å². The summed E-state index contributed by atoms with van der Waals surface area (Å²) < 4.78 is 19.2. The van der Waals surface area contributed by atoms with Crippen LogP contribution in [0.4, 0.5) is 4.39 Å². The van der Waals surface area contributed by atoms with E-state index in [9.17, 15) is 18.8 Å². The van der Waals surface area contributed by atoms with Crippen LogP contribution in [0.15, 0.2) is 64.3 Å². The van der Waals surface area contributed by atoms with Crippen LogP contribution in [-0.4, -0.2) is 27.6 Å². The minimum absolute atomic E-state index is 0.152. The van der Waals surface area contributed by atoms with E-state index in [0.29, 0.717) is 22.4 Å². The third kappa shape index (κ3) is 4.11. The van der Waals surface area contributed by atoms with Crippen LogP contribution in [0.2, 0.25) is 0 Å². The third-order valence-corrected chi connectivity index (χ3v) is 4.90. The SMILES string of the molecule is COc1cccc(CNC(=O)Cn2c(=O)[nH]c3c(-c4ccc(F)cc4)c[nH]c3c2=O)c1. The largest absolute Gasteiger partial charge is 0.497 e. The second kappa shape index (κ2) is 8.31. The lowest BCUT2D eigenvalue weighted by Gasteiger charge is -2.08. The second-order valence-electron chi connectivity index (χ2n) is 6.91. The van der Waals surface area contributed by atoms with E-state index in [2.05, 4.69) is 15.3 Å². The monoisotopic (exact) mass is 422 g/mol. The highest BCUT2D eigenvalue weighted by molar-refractivity contribution is 5.91. The molecule has 8 nitrogen and oxygen atoms in total. The number of amides is 1. The lowest BCUT2D eigenvalue weighted by atomic mass is 10.1. The van der Waals surface area contributed by atoms with E-state index in [4.69, 9.17) is 4.74 Å². The molecule has 0 radical (unpaired) electrons. The van der Waals surface area contributed by atoms with Crippen molar-refractivity contribution in [1.82, 2.24) is 19.9 Å². The summed E-state index contributed by atoms with van der Waals surface area (Å²) in [6.45, 7) is -0.207. The van der Waals surface area contributed by atoms with Gasteiger partial charge in [0.15, 0.2) is 0 Å². The Labute approximate surface area is 175 Å². The molecule has 31 heavy (non-hydrogen) atoms. The minimum Gasteiger partial charge on any atom is -0.497 e. The van der Waals surface area contributed by atoms with Gasteiger partial charge in [0.2, 0.25) is 5.91 Å². The number of benzene rings is 2. The molecule has 0 aliphatic rings. The Morgan fingerprint density at radius 1 is 1.13 bits per heavy atom. The first-order valence-electron chi connectivity index (χ1n) is 9.46. The van der Waals surface area contributed by atoms with Gasteiger partial charge in [0.05, 0.1) is 12.6 Å². The molecular formula is C22H19FN4O4. The molecule has 0 spiro atoms. The van der Waals surface area contributed by atoms with Gasteiger partial charge in [-0.05, 0) is 35.4 Å². The molecule has 0 unspecified atom stereocenters. The molecule has 4 aromatic rings. The zero-order valence-electron chi connectivity index (χ0n) is 16.6. The summed E-state index contributed by atoms with van der Waals surface area (Å²) in [6.07, 6.45) is 1.56. The summed E-state index contributed by atoms with van der Waals surface area (Å²) in [7, 11) is 1.55. The molecule has 4 rings (SSSR count). The Hall–Kier alpha value is -4.14. The van der Waals surface area contributed by atoms with Crippen molar-refractivity contribution < 1.29 is 13.9 Å². The topological polar surface area (TPSA) is 109 Å². The molecule has 2 aromatic heterocycles. The maximum absolute atomic E-state index is 13.2. The van der Waals surface area contributed by atoms with Crippen molar-refractivity contribution in [3.8, 4) is 16.9 Å². The number of hydrogen-bond donors (Lipinski definition) is 3. The predicted molar refractivity (Wildman–Crippen MR) is 113 cm³/mol. The number of carbonyl (C=O) groups excluding carboxylic acids is 1. The Balaban J connectivity index is 1.57. The maximum Gasteiger partial charge on any atom is 0.329 e. The van der Waals surface area contributed by atoms with Gasteiger partial charge in [-0.3, -0.25) is 9.59 Å². The third-order valence-electron chi connectivity index (χ3n) is 4.90. The molecule has 0 atom stereocenters. The highest BCUT2D eigenvalue weighted by Gasteiger charge is 2.16. The van der Waals surface area contributed by atoms with Crippen LogP contribution in [0.5, 0.6) is 5.75 Å². The van der Waals surface area contributed by atoms with Gasteiger partial charge in [-0.1, -0.05) is 24.3 Å². The van der Waals surface area contributed by atoms with E-state index in [1.807, 2.05) is 6.07 Å². The van der Waals surface area contributed by atoms with Crippen molar-refractivity contribution >= 4 is 16.9 Å². The van der Waals surface area contributed by atoms with Gasteiger partial charge in [-0.15, -0.1) is 0 Å². The number of aromatic nitrogens is 3. The molecule has 0 saturated heterocycles. The van der Waals surface area contributed by atoms with Gasteiger partial charge < -0.3 is 20.0 Å². The minimum atomic E-state index is -0.711. The molecule has 158 valence electrons. The van der Waals surface area contributed by atoms with Crippen LogP contribution < -0.4 is 21.3 Å². The summed E-state index contributed by atoms with van der Waals surface area (Å²) in [5.74, 6) is -0.215. The van der Waals surface area contributed by atoms with Crippen molar-refractivity contribution in [1.29, 1.82) is 0 Å². The quantitative estimate of drug-likeness (QED) is 0.442. The van der Waals surface area contributed by atoms with E-state index >= 15 is 0 Å². The number of methoxy groups -OCH3 is 1. The van der Waals surface area contributed by atoms with Crippen LogP contribution in [-0.2, 0) is 17.9 Å². The number of nitrogens with zero attached hydrogens (tertiary/aromatic N) is 1. The molecule has 0 saturated carbocycles. The first-order chi connectivity index (χ1) is 15.0. The lowest BCUT2D eigenvalue weighted by molar-refractivity contribution is -0.121. The fourth-order valence-electron chi connectivity index (χ4n) is 3.31. The maximum atomic E-state index is 13.2. The molecular weight excluding hydrogens is 403 g/mol. The molecule has 2 heterocycles. The number of aromatic amines is 2. The molecule has 0 bridgehead atoms. The lowest BCUT2D eigenvalue weighted by Crippen LogP contribution is -2.40. The average Bonchev–Trinajstić information content (AvgIpc) is 3.19. The molecule has 2 aromatic carbocycles. The summed E-state index contributed by atoms with van der Waals surface area (Å²) in [6, 6.07) is 12.9.